The SMILES string of the molecule is C=CCN1C2c3c(cc(C)c(OC)c3O)C[C@H]1[C@H](C#N)N1C2[C@@H]2SC[C@]3(NCCc4c3[nH]c3ccccc43)C(=O)OC[C@H]1c1c3c(c(C)c(OC(C)=O)c12)OCO3. The van der Waals surface area contributed by atoms with Gasteiger partial charge in [0.1, 0.15) is 18.4 Å². The van der Waals surface area contributed by atoms with Crippen molar-refractivity contribution in [2.75, 3.05) is 39.4 Å². The number of aromatic amines is 1. The van der Waals surface area contributed by atoms with Crippen LogP contribution in [-0.4, -0.2) is 89.3 Å². The van der Waals surface area contributed by atoms with E-state index in [0.29, 0.717) is 53.6 Å². The van der Waals surface area contributed by atoms with E-state index in [1.54, 1.807) is 18.9 Å². The Hall–Kier alpha value is -5.20. The van der Waals surface area contributed by atoms with Gasteiger partial charge in [0.05, 0.1) is 36.2 Å². The number of nitriles is 1. The summed E-state index contributed by atoms with van der Waals surface area (Å²) in [6.45, 7) is 10.1. The topological polar surface area (TPSA) is 159 Å². The van der Waals surface area contributed by atoms with Gasteiger partial charge in [0.25, 0.3) is 0 Å². The molecule has 11 rings (SSSR count). The van der Waals surface area contributed by atoms with Crippen LogP contribution in [0.4, 0.5) is 0 Å². The zero-order chi connectivity index (χ0) is 39.5. The molecule has 1 spiro atoms. The van der Waals surface area contributed by atoms with E-state index in [9.17, 15) is 20.0 Å². The van der Waals surface area contributed by atoms with Crippen LogP contribution in [0.3, 0.4) is 0 Å². The number of ether oxygens (including phenoxy) is 5. The number of aromatic nitrogens is 1. The highest BCUT2D eigenvalue weighted by atomic mass is 32.2. The fourth-order valence-corrected chi connectivity index (χ4v) is 12.5. The van der Waals surface area contributed by atoms with Crippen molar-refractivity contribution in [3.05, 3.63) is 87.6 Å². The molecule has 2 saturated heterocycles. The van der Waals surface area contributed by atoms with Crippen LogP contribution in [0.25, 0.3) is 10.9 Å². The predicted octanol–water partition coefficient (Wildman–Crippen LogP) is 5.31. The molecule has 1 aromatic heterocycles. The first kappa shape index (κ1) is 36.2. The zero-order valence-electron chi connectivity index (χ0n) is 32.1. The number of phenols is 1. The number of H-pyrrole nitrogens is 1. The maximum absolute atomic E-state index is 14.9. The summed E-state index contributed by atoms with van der Waals surface area (Å²) in [6, 6.07) is 10.1. The number of methoxy groups -OCH3 is 1. The molecule has 7 aliphatic heterocycles. The number of thioether (sulfide) groups is 1. The molecule has 3 aromatic carbocycles. The third kappa shape index (κ3) is 4.92. The van der Waals surface area contributed by atoms with Crippen LogP contribution < -0.4 is 24.3 Å². The average molecular weight is 790 g/mol. The highest BCUT2D eigenvalue weighted by Crippen LogP contribution is 2.65. The zero-order valence-corrected chi connectivity index (χ0v) is 33.0. The third-order valence-electron chi connectivity index (χ3n) is 13.0. The molecular weight excluding hydrogens is 747 g/mol. The van der Waals surface area contributed by atoms with E-state index in [0.717, 1.165) is 50.8 Å². The summed E-state index contributed by atoms with van der Waals surface area (Å²) in [4.78, 5) is 36.0. The van der Waals surface area contributed by atoms with E-state index in [-0.39, 0.29) is 30.9 Å². The van der Waals surface area contributed by atoms with Gasteiger partial charge in [-0.05, 0) is 49.4 Å². The molecule has 7 atom stereocenters. The highest BCUT2D eigenvalue weighted by molar-refractivity contribution is 7.99. The fourth-order valence-electron chi connectivity index (χ4n) is 10.8. The van der Waals surface area contributed by atoms with Gasteiger partial charge < -0.3 is 33.8 Å². The second-order valence-electron chi connectivity index (χ2n) is 15.8. The summed E-state index contributed by atoms with van der Waals surface area (Å²) < 4.78 is 30.9. The minimum absolute atomic E-state index is 0.0451. The molecule has 7 aliphatic rings. The van der Waals surface area contributed by atoms with Crippen molar-refractivity contribution in [2.24, 2.45) is 0 Å². The largest absolute Gasteiger partial charge is 0.504 e. The molecule has 4 aromatic rings. The number of piperazine rings is 1. The number of carbonyl (C=O) groups excluding carboxylic acids is 2. The van der Waals surface area contributed by atoms with Gasteiger partial charge in [0.2, 0.25) is 6.79 Å². The number of hydrogen-bond acceptors (Lipinski definition) is 13. The second kappa shape index (κ2) is 13.2. The third-order valence-corrected chi connectivity index (χ3v) is 14.4. The molecule has 4 bridgehead atoms. The van der Waals surface area contributed by atoms with Crippen LogP contribution >= 0.6 is 11.8 Å². The van der Waals surface area contributed by atoms with E-state index in [4.69, 9.17) is 23.7 Å². The van der Waals surface area contributed by atoms with Crippen LogP contribution in [0, 0.1) is 25.2 Å². The first-order valence-electron chi connectivity index (χ1n) is 19.3. The number of benzene rings is 3. The molecule has 13 nitrogen and oxygen atoms in total. The Morgan fingerprint density at radius 1 is 1.18 bits per heavy atom. The van der Waals surface area contributed by atoms with Gasteiger partial charge in [0, 0.05) is 71.0 Å². The number of fused-ring (bicyclic) bond motifs is 11. The molecule has 57 heavy (non-hydrogen) atoms. The molecule has 294 valence electrons. The molecule has 0 saturated carbocycles. The van der Waals surface area contributed by atoms with Crippen LogP contribution in [0.2, 0.25) is 0 Å². The van der Waals surface area contributed by atoms with Crippen LogP contribution in [-0.2, 0) is 32.7 Å². The van der Waals surface area contributed by atoms with E-state index >= 15 is 0 Å². The van der Waals surface area contributed by atoms with Crippen molar-refractivity contribution in [2.45, 2.75) is 74.6 Å². The lowest BCUT2D eigenvalue weighted by Gasteiger charge is -2.62. The lowest BCUT2D eigenvalue weighted by Crippen LogP contribution is -2.70. The molecule has 0 radical (unpaired) electrons. The van der Waals surface area contributed by atoms with Crippen molar-refractivity contribution in [3.8, 4) is 34.8 Å². The number of aryl methyl sites for hydroxylation is 1. The molecule has 2 unspecified atom stereocenters. The molecule has 14 heteroatoms. The van der Waals surface area contributed by atoms with Crippen molar-refractivity contribution in [3.63, 3.8) is 0 Å². The number of hydrogen-bond donors (Lipinski definition) is 3. The van der Waals surface area contributed by atoms with E-state index in [1.807, 2.05) is 38.1 Å². The number of nitrogens with zero attached hydrogens (tertiary/aromatic N) is 3. The van der Waals surface area contributed by atoms with E-state index in [2.05, 4.69) is 44.9 Å². The van der Waals surface area contributed by atoms with Crippen LogP contribution in [0.15, 0.2) is 43.0 Å². The second-order valence-corrected chi connectivity index (χ2v) is 16.9. The fraction of sp³-hybridized carbons (Fsp3) is 0.419. The smallest absolute Gasteiger partial charge is 0.333 e. The monoisotopic (exact) mass is 789 g/mol. The van der Waals surface area contributed by atoms with Gasteiger partial charge >= 0.3 is 11.9 Å². The number of esters is 2. The first-order valence-corrected chi connectivity index (χ1v) is 20.4. The summed E-state index contributed by atoms with van der Waals surface area (Å²) in [6.07, 6.45) is 3.05. The molecule has 2 fully saturated rings. The minimum Gasteiger partial charge on any atom is -0.504 e. The Morgan fingerprint density at radius 3 is 2.75 bits per heavy atom. The average Bonchev–Trinajstić information content (AvgIpc) is 3.84. The quantitative estimate of drug-likeness (QED) is 0.139. The summed E-state index contributed by atoms with van der Waals surface area (Å²) in [5.41, 5.74) is 6.00. The summed E-state index contributed by atoms with van der Waals surface area (Å²) in [5.74, 6) is 1.06. The number of rotatable bonds is 4. The van der Waals surface area contributed by atoms with Gasteiger partial charge in [-0.25, -0.2) is 4.79 Å². The lowest BCUT2D eigenvalue weighted by molar-refractivity contribution is -0.157. The van der Waals surface area contributed by atoms with Crippen molar-refractivity contribution < 1.29 is 38.4 Å². The summed E-state index contributed by atoms with van der Waals surface area (Å²) >= 11 is 1.55. The van der Waals surface area contributed by atoms with Crippen molar-refractivity contribution >= 4 is 34.6 Å². The van der Waals surface area contributed by atoms with Gasteiger partial charge in [-0.3, -0.25) is 19.9 Å². The number of carbonyl (C=O) groups is 2. The van der Waals surface area contributed by atoms with Gasteiger partial charge in [-0.15, -0.1) is 18.3 Å². The molecule has 8 heterocycles. The maximum atomic E-state index is 14.9. The maximum Gasteiger partial charge on any atom is 0.333 e. The standard InChI is InChI=1S/C43H43N5O8S/c1-6-13-47-27-15-23-14-20(2)36(52-5)35(50)30(23)33(47)34-40-32-31(39-38(54-19-55-39)21(3)37(32)56-22(4)49)29(48(34)28(27)16-44)17-53-42(51)43(18-57-40)41-25(11-12-45-43)24-9-7-8-10-26(24)46-41/h6-10,14,27-29,33-34,40,45-46,50H,1,11-13,15,17-19H2,2-5H3/t27-,28-,29-,33?,34?,40+,43+/m0/s1. The molecule has 0 aliphatic carbocycles. The molecule has 3 N–H and O–H groups in total. The highest BCUT2D eigenvalue weighted by Gasteiger charge is 2.62. The Morgan fingerprint density at radius 2 is 1.98 bits per heavy atom. The van der Waals surface area contributed by atoms with Gasteiger partial charge in [0.15, 0.2) is 28.5 Å². The molecule has 0 amide bonds. The Labute approximate surface area is 333 Å². The number of nitrogens with one attached hydrogen (secondary N) is 2. The van der Waals surface area contributed by atoms with Crippen molar-refractivity contribution in [1.29, 1.82) is 5.26 Å². The van der Waals surface area contributed by atoms with E-state index in [1.165, 1.54) is 6.92 Å². The van der Waals surface area contributed by atoms with E-state index < -0.39 is 46.9 Å². The molecular formula is C43H43N5O8S. The summed E-state index contributed by atoms with van der Waals surface area (Å²) in [7, 11) is 1.55. The number of aromatic hydroxyl groups is 1. The van der Waals surface area contributed by atoms with Gasteiger partial charge in [-0.1, -0.05) is 30.3 Å². The Balaban J connectivity index is 1.27. The minimum atomic E-state index is -1.26. The first-order chi connectivity index (χ1) is 27.6. The van der Waals surface area contributed by atoms with Gasteiger partial charge in [-0.2, -0.15) is 5.26 Å². The van der Waals surface area contributed by atoms with Crippen LogP contribution in [0.5, 0.6) is 28.7 Å². The predicted molar refractivity (Wildman–Crippen MR) is 211 cm³/mol. The number of para-hydroxylation sites is 1. The normalized spacial score (nSPS) is 28.4. The number of phenolic OH excluding ortho intramolecular Hbond substituents is 1. The summed E-state index contributed by atoms with van der Waals surface area (Å²) in [5, 5.41) is 27.6. The Kier molecular flexibility index (Phi) is 8.36. The van der Waals surface area contributed by atoms with Crippen LogP contribution in [0.1, 0.15) is 68.9 Å². The Bertz CT molecular complexity index is 2460. The lowest BCUT2D eigenvalue weighted by atomic mass is 9.71. The van der Waals surface area contributed by atoms with Crippen molar-refractivity contribution in [1.82, 2.24) is 20.1 Å².